The van der Waals surface area contributed by atoms with Crippen LogP contribution in [-0.2, 0) is 16.0 Å². The lowest BCUT2D eigenvalue weighted by Gasteiger charge is -2.36. The standard InChI is InChI=1S/C21H33N5O2/c1-15-22-19(24-23-15)12-20(27)25-10-5-8-17(13-25)18-9-11-26(14-18)21(28)16-6-3-2-4-7-16/h16-18H,2-14H2,1H3,(H,22,23,24). The molecule has 1 aromatic heterocycles. The van der Waals surface area contributed by atoms with Crippen molar-refractivity contribution in [3.8, 4) is 0 Å². The maximum atomic E-state index is 12.9. The molecule has 1 aliphatic carbocycles. The fourth-order valence-corrected chi connectivity index (χ4v) is 5.32. The molecule has 4 rings (SSSR count). The van der Waals surface area contributed by atoms with Crippen LogP contribution < -0.4 is 0 Å². The monoisotopic (exact) mass is 387 g/mol. The Hall–Kier alpha value is -1.92. The normalized spacial score (nSPS) is 26.6. The number of aryl methyl sites for hydroxylation is 1. The highest BCUT2D eigenvalue weighted by molar-refractivity contribution is 5.79. The molecule has 3 fully saturated rings. The van der Waals surface area contributed by atoms with Gasteiger partial charge in [0.2, 0.25) is 11.8 Å². The number of nitrogens with one attached hydrogen (secondary N) is 1. The zero-order chi connectivity index (χ0) is 19.5. The van der Waals surface area contributed by atoms with E-state index in [2.05, 4.69) is 20.1 Å². The van der Waals surface area contributed by atoms with Crippen LogP contribution in [0.2, 0.25) is 0 Å². The van der Waals surface area contributed by atoms with Gasteiger partial charge in [0.15, 0.2) is 5.82 Å². The molecule has 154 valence electrons. The number of hydrogen-bond donors (Lipinski definition) is 1. The van der Waals surface area contributed by atoms with Gasteiger partial charge in [0.25, 0.3) is 0 Å². The summed E-state index contributed by atoms with van der Waals surface area (Å²) in [5, 5.41) is 6.90. The fraction of sp³-hybridized carbons (Fsp3) is 0.810. The number of aromatic nitrogens is 3. The van der Waals surface area contributed by atoms with Gasteiger partial charge in [-0.2, -0.15) is 5.10 Å². The highest BCUT2D eigenvalue weighted by Gasteiger charge is 2.37. The van der Waals surface area contributed by atoms with Gasteiger partial charge in [-0.05, 0) is 50.9 Å². The number of aromatic amines is 1. The van der Waals surface area contributed by atoms with Crippen LogP contribution >= 0.6 is 0 Å². The summed E-state index contributed by atoms with van der Waals surface area (Å²) in [4.78, 5) is 33.9. The molecule has 1 aromatic rings. The Labute approximate surface area is 167 Å². The van der Waals surface area contributed by atoms with Crippen molar-refractivity contribution in [2.24, 2.45) is 17.8 Å². The molecule has 28 heavy (non-hydrogen) atoms. The number of H-pyrrole nitrogens is 1. The number of hydrogen-bond acceptors (Lipinski definition) is 4. The summed E-state index contributed by atoms with van der Waals surface area (Å²) in [7, 11) is 0. The third kappa shape index (κ3) is 4.39. The zero-order valence-electron chi connectivity index (χ0n) is 17.0. The predicted octanol–water partition coefficient (Wildman–Crippen LogP) is 2.32. The maximum absolute atomic E-state index is 12.9. The first-order valence-electron chi connectivity index (χ1n) is 11.0. The van der Waals surface area contributed by atoms with Gasteiger partial charge >= 0.3 is 0 Å². The molecule has 3 aliphatic rings. The van der Waals surface area contributed by atoms with Crippen LogP contribution in [0, 0.1) is 24.7 Å². The summed E-state index contributed by atoms with van der Waals surface area (Å²) >= 11 is 0. The molecule has 2 unspecified atom stereocenters. The molecule has 7 heteroatoms. The molecule has 1 saturated carbocycles. The number of nitrogens with zero attached hydrogens (tertiary/aromatic N) is 4. The average molecular weight is 388 g/mol. The first kappa shape index (κ1) is 19.4. The number of likely N-dealkylation sites (tertiary alicyclic amines) is 2. The van der Waals surface area contributed by atoms with Gasteiger partial charge in [0.1, 0.15) is 5.82 Å². The van der Waals surface area contributed by atoms with E-state index in [-0.39, 0.29) is 18.2 Å². The lowest BCUT2D eigenvalue weighted by atomic mass is 9.84. The lowest BCUT2D eigenvalue weighted by Crippen LogP contribution is -2.43. The number of piperidine rings is 1. The highest BCUT2D eigenvalue weighted by Crippen LogP contribution is 2.33. The molecule has 0 bridgehead atoms. The van der Waals surface area contributed by atoms with E-state index < -0.39 is 0 Å². The molecule has 0 radical (unpaired) electrons. The predicted molar refractivity (Wildman–Crippen MR) is 105 cm³/mol. The van der Waals surface area contributed by atoms with Crippen LogP contribution in [-0.4, -0.2) is 63.0 Å². The first-order valence-corrected chi connectivity index (χ1v) is 11.0. The van der Waals surface area contributed by atoms with Crippen molar-refractivity contribution in [1.29, 1.82) is 0 Å². The molecule has 0 aromatic carbocycles. The minimum absolute atomic E-state index is 0.122. The zero-order valence-corrected chi connectivity index (χ0v) is 17.0. The minimum atomic E-state index is 0.122. The van der Waals surface area contributed by atoms with E-state index in [1.807, 2.05) is 11.8 Å². The molecule has 2 atom stereocenters. The van der Waals surface area contributed by atoms with E-state index in [1.165, 1.54) is 25.7 Å². The second-order valence-electron chi connectivity index (χ2n) is 8.92. The quantitative estimate of drug-likeness (QED) is 0.860. The van der Waals surface area contributed by atoms with Gasteiger partial charge in [-0.1, -0.05) is 19.3 Å². The third-order valence-electron chi connectivity index (χ3n) is 6.92. The van der Waals surface area contributed by atoms with Crippen molar-refractivity contribution >= 4 is 11.8 Å². The Morgan fingerprint density at radius 3 is 2.46 bits per heavy atom. The molecular formula is C21H33N5O2. The van der Waals surface area contributed by atoms with E-state index in [9.17, 15) is 9.59 Å². The largest absolute Gasteiger partial charge is 0.342 e. The van der Waals surface area contributed by atoms with Crippen molar-refractivity contribution in [2.75, 3.05) is 26.2 Å². The van der Waals surface area contributed by atoms with Gasteiger partial charge in [0, 0.05) is 32.1 Å². The number of carbonyl (C=O) groups is 2. The van der Waals surface area contributed by atoms with Gasteiger partial charge in [-0.25, -0.2) is 4.98 Å². The van der Waals surface area contributed by atoms with E-state index in [0.29, 0.717) is 23.6 Å². The molecule has 2 aliphatic heterocycles. The summed E-state index contributed by atoms with van der Waals surface area (Å²) in [5.41, 5.74) is 0. The van der Waals surface area contributed by atoms with Crippen molar-refractivity contribution < 1.29 is 9.59 Å². The smallest absolute Gasteiger partial charge is 0.230 e. The minimum Gasteiger partial charge on any atom is -0.342 e. The van der Waals surface area contributed by atoms with Gasteiger partial charge in [-0.15, -0.1) is 0 Å². The molecule has 1 N–H and O–H groups in total. The van der Waals surface area contributed by atoms with Crippen LogP contribution in [0.15, 0.2) is 0 Å². The maximum Gasteiger partial charge on any atom is 0.230 e. The van der Waals surface area contributed by atoms with E-state index in [1.54, 1.807) is 0 Å². The Kier molecular flexibility index (Phi) is 5.97. The summed E-state index contributed by atoms with van der Waals surface area (Å²) < 4.78 is 0. The number of carbonyl (C=O) groups excluding carboxylic acids is 2. The van der Waals surface area contributed by atoms with Crippen LogP contribution in [0.4, 0.5) is 0 Å². The molecule has 7 nitrogen and oxygen atoms in total. The van der Waals surface area contributed by atoms with Crippen LogP contribution in [0.5, 0.6) is 0 Å². The first-order chi connectivity index (χ1) is 13.6. The SMILES string of the molecule is Cc1nc(CC(=O)N2CCCC(C3CCN(C(=O)C4CCCCC4)C3)C2)n[nH]1. The van der Waals surface area contributed by atoms with E-state index >= 15 is 0 Å². The van der Waals surface area contributed by atoms with Gasteiger partial charge in [0.05, 0.1) is 6.42 Å². The van der Waals surface area contributed by atoms with Crippen LogP contribution in [0.1, 0.15) is 63.0 Å². The van der Waals surface area contributed by atoms with Gasteiger partial charge < -0.3 is 9.80 Å². The molecule has 2 amide bonds. The van der Waals surface area contributed by atoms with E-state index in [0.717, 1.165) is 57.7 Å². The van der Waals surface area contributed by atoms with Crippen molar-refractivity contribution in [3.05, 3.63) is 11.6 Å². The summed E-state index contributed by atoms with van der Waals surface area (Å²) in [6.07, 6.45) is 9.43. The Balaban J connectivity index is 1.29. The molecule has 3 heterocycles. The second kappa shape index (κ2) is 8.62. The molecular weight excluding hydrogens is 354 g/mol. The average Bonchev–Trinajstić information content (AvgIpc) is 3.37. The highest BCUT2D eigenvalue weighted by atomic mass is 16.2. The summed E-state index contributed by atoms with van der Waals surface area (Å²) in [6.45, 7) is 5.29. The van der Waals surface area contributed by atoms with Crippen molar-refractivity contribution in [2.45, 2.75) is 64.7 Å². The molecule has 2 saturated heterocycles. The Morgan fingerprint density at radius 2 is 1.71 bits per heavy atom. The molecule has 0 spiro atoms. The number of rotatable bonds is 4. The fourth-order valence-electron chi connectivity index (χ4n) is 5.32. The number of amides is 2. The van der Waals surface area contributed by atoms with Crippen molar-refractivity contribution in [3.63, 3.8) is 0 Å². The van der Waals surface area contributed by atoms with E-state index in [4.69, 9.17) is 0 Å². The van der Waals surface area contributed by atoms with Gasteiger partial charge in [-0.3, -0.25) is 14.7 Å². The third-order valence-corrected chi connectivity index (χ3v) is 6.92. The van der Waals surface area contributed by atoms with Crippen molar-refractivity contribution in [1.82, 2.24) is 25.0 Å². The summed E-state index contributed by atoms with van der Waals surface area (Å²) in [6, 6.07) is 0. The topological polar surface area (TPSA) is 82.2 Å². The second-order valence-corrected chi connectivity index (χ2v) is 8.92. The Bertz CT molecular complexity index is 697. The Morgan fingerprint density at radius 1 is 0.964 bits per heavy atom. The van der Waals surface area contributed by atoms with Crippen LogP contribution in [0.25, 0.3) is 0 Å². The van der Waals surface area contributed by atoms with Crippen LogP contribution in [0.3, 0.4) is 0 Å². The lowest BCUT2D eigenvalue weighted by molar-refractivity contribution is -0.136. The summed E-state index contributed by atoms with van der Waals surface area (Å²) in [5.74, 6) is 3.15.